The maximum Gasteiger partial charge on any atom is 0.243 e. The number of Topliss-reactive ketones (excluding diaryl/α,β-unsaturated/α-hetero) is 1. The van der Waals surface area contributed by atoms with Crippen molar-refractivity contribution in [2.45, 2.75) is 6.92 Å². The molecule has 0 aliphatic rings. The Balaban J connectivity index is 2.00. The minimum absolute atomic E-state index is 0.00669. The number of amides is 1. The Labute approximate surface area is 151 Å². The van der Waals surface area contributed by atoms with Gasteiger partial charge in [-0.2, -0.15) is 0 Å². The van der Waals surface area contributed by atoms with Gasteiger partial charge in [-0.05, 0) is 37.3 Å². The van der Waals surface area contributed by atoms with E-state index in [0.717, 1.165) is 5.69 Å². The third-order valence-corrected chi connectivity index (χ3v) is 3.79. The number of hydrogen-bond acceptors (Lipinski definition) is 5. The van der Waals surface area contributed by atoms with Crippen LogP contribution in [0.15, 0.2) is 36.4 Å². The van der Waals surface area contributed by atoms with Gasteiger partial charge in [-0.25, -0.2) is 0 Å². The Bertz CT molecular complexity index is 775. The van der Waals surface area contributed by atoms with E-state index >= 15 is 0 Å². The summed E-state index contributed by atoms with van der Waals surface area (Å²) in [6.07, 6.45) is 0. The van der Waals surface area contributed by atoms with Crippen LogP contribution in [0.25, 0.3) is 0 Å². The highest BCUT2D eigenvalue weighted by Gasteiger charge is 2.12. The number of rotatable bonds is 7. The second-order valence-electron chi connectivity index (χ2n) is 5.22. The fourth-order valence-corrected chi connectivity index (χ4v) is 2.40. The molecule has 2 aromatic rings. The van der Waals surface area contributed by atoms with E-state index in [1.807, 2.05) is 0 Å². The van der Waals surface area contributed by atoms with Gasteiger partial charge >= 0.3 is 0 Å². The Morgan fingerprint density at radius 3 is 2.24 bits per heavy atom. The van der Waals surface area contributed by atoms with Crippen LogP contribution < -0.4 is 20.1 Å². The van der Waals surface area contributed by atoms with Gasteiger partial charge in [0.2, 0.25) is 5.91 Å². The van der Waals surface area contributed by atoms with E-state index < -0.39 is 0 Å². The molecule has 0 atom stereocenters. The number of methoxy groups -OCH3 is 2. The predicted molar refractivity (Wildman–Crippen MR) is 98.1 cm³/mol. The molecule has 0 spiro atoms. The van der Waals surface area contributed by atoms with Gasteiger partial charge in [-0.1, -0.05) is 11.6 Å². The normalized spacial score (nSPS) is 10.1. The Hall–Kier alpha value is -2.73. The molecule has 0 heterocycles. The van der Waals surface area contributed by atoms with Crippen LogP contribution in [-0.4, -0.2) is 32.5 Å². The lowest BCUT2D eigenvalue weighted by atomic mass is 10.1. The molecule has 0 aliphatic heterocycles. The minimum Gasteiger partial charge on any atom is -0.495 e. The van der Waals surface area contributed by atoms with E-state index in [9.17, 15) is 9.59 Å². The van der Waals surface area contributed by atoms with Gasteiger partial charge in [0.25, 0.3) is 0 Å². The minimum atomic E-state index is -0.268. The van der Waals surface area contributed by atoms with Crippen LogP contribution in [0.4, 0.5) is 11.4 Å². The first kappa shape index (κ1) is 18.6. The molecule has 0 aromatic heterocycles. The van der Waals surface area contributed by atoms with Crippen LogP contribution in [0.3, 0.4) is 0 Å². The van der Waals surface area contributed by atoms with Gasteiger partial charge in [0.1, 0.15) is 11.5 Å². The zero-order chi connectivity index (χ0) is 18.4. The van der Waals surface area contributed by atoms with Gasteiger partial charge in [-0.3, -0.25) is 9.59 Å². The van der Waals surface area contributed by atoms with E-state index in [4.69, 9.17) is 21.1 Å². The zero-order valence-electron chi connectivity index (χ0n) is 14.2. The lowest BCUT2D eigenvalue weighted by molar-refractivity contribution is -0.114. The largest absolute Gasteiger partial charge is 0.495 e. The first-order valence-corrected chi connectivity index (χ1v) is 7.88. The molecule has 7 heteroatoms. The second kappa shape index (κ2) is 8.39. The average molecular weight is 363 g/mol. The molecule has 0 radical (unpaired) electrons. The summed E-state index contributed by atoms with van der Waals surface area (Å²) < 4.78 is 10.4. The van der Waals surface area contributed by atoms with Crippen LogP contribution in [0.1, 0.15) is 17.3 Å². The van der Waals surface area contributed by atoms with E-state index in [0.29, 0.717) is 27.8 Å². The Morgan fingerprint density at radius 1 is 1.04 bits per heavy atom. The summed E-state index contributed by atoms with van der Waals surface area (Å²) in [7, 11) is 2.99. The van der Waals surface area contributed by atoms with Crippen molar-refractivity contribution < 1.29 is 19.1 Å². The lowest BCUT2D eigenvalue weighted by Gasteiger charge is -2.13. The van der Waals surface area contributed by atoms with Crippen LogP contribution in [-0.2, 0) is 4.79 Å². The van der Waals surface area contributed by atoms with Gasteiger partial charge in [0.15, 0.2) is 5.78 Å². The molecule has 0 saturated heterocycles. The van der Waals surface area contributed by atoms with Crippen LogP contribution in [0.5, 0.6) is 11.5 Å². The average Bonchev–Trinajstić information content (AvgIpc) is 2.60. The number of anilines is 2. The SMILES string of the molecule is COc1cc(OC)c(NC(=O)CNc2ccc(C(C)=O)cc2)cc1Cl. The molecular weight excluding hydrogens is 344 g/mol. The summed E-state index contributed by atoms with van der Waals surface area (Å²) in [5.41, 5.74) is 1.81. The van der Waals surface area contributed by atoms with Gasteiger partial charge in [0.05, 0.1) is 31.5 Å². The number of nitrogens with one attached hydrogen (secondary N) is 2. The second-order valence-corrected chi connectivity index (χ2v) is 5.63. The maximum atomic E-state index is 12.1. The van der Waals surface area contributed by atoms with Crippen molar-refractivity contribution >= 4 is 34.7 Å². The molecule has 2 aromatic carbocycles. The summed E-state index contributed by atoms with van der Waals surface area (Å²) in [5, 5.41) is 6.08. The summed E-state index contributed by atoms with van der Waals surface area (Å²) >= 11 is 6.08. The van der Waals surface area contributed by atoms with Crippen molar-refractivity contribution in [3.05, 3.63) is 47.0 Å². The molecule has 25 heavy (non-hydrogen) atoms. The molecule has 6 nitrogen and oxygen atoms in total. The van der Waals surface area contributed by atoms with Gasteiger partial charge in [-0.15, -0.1) is 0 Å². The van der Waals surface area contributed by atoms with Crippen molar-refractivity contribution in [3.63, 3.8) is 0 Å². The first-order chi connectivity index (χ1) is 11.9. The number of benzene rings is 2. The van der Waals surface area contributed by atoms with Crippen LogP contribution >= 0.6 is 11.6 Å². The number of halogens is 1. The highest BCUT2D eigenvalue weighted by atomic mass is 35.5. The number of ether oxygens (including phenoxy) is 2. The molecule has 2 rings (SSSR count). The first-order valence-electron chi connectivity index (χ1n) is 7.51. The molecule has 0 saturated carbocycles. The van der Waals surface area contributed by atoms with Crippen molar-refractivity contribution in [2.75, 3.05) is 31.4 Å². The highest BCUT2D eigenvalue weighted by Crippen LogP contribution is 2.35. The third kappa shape index (κ3) is 4.87. The number of hydrogen-bond donors (Lipinski definition) is 2. The molecule has 0 fully saturated rings. The standard InChI is InChI=1S/C18H19ClN2O4/c1-11(22)12-4-6-13(7-5-12)20-10-18(23)21-15-8-14(19)16(24-2)9-17(15)25-3/h4-9,20H,10H2,1-3H3,(H,21,23). The topological polar surface area (TPSA) is 76.7 Å². The van der Waals surface area contributed by atoms with Crippen LogP contribution in [0, 0.1) is 0 Å². The predicted octanol–water partition coefficient (Wildman–Crippen LogP) is 3.61. The molecule has 0 unspecified atom stereocenters. The van der Waals surface area contributed by atoms with Gasteiger partial charge in [0, 0.05) is 17.3 Å². The van der Waals surface area contributed by atoms with E-state index in [2.05, 4.69) is 10.6 Å². The Kier molecular flexibility index (Phi) is 6.25. The third-order valence-electron chi connectivity index (χ3n) is 3.49. The maximum absolute atomic E-state index is 12.1. The molecule has 2 N–H and O–H groups in total. The van der Waals surface area contributed by atoms with Crippen molar-refractivity contribution in [2.24, 2.45) is 0 Å². The summed E-state index contributed by atoms with van der Waals surface area (Å²) in [6, 6.07) is 10.1. The highest BCUT2D eigenvalue weighted by molar-refractivity contribution is 6.32. The van der Waals surface area contributed by atoms with Crippen molar-refractivity contribution in [1.29, 1.82) is 0 Å². The summed E-state index contributed by atoms with van der Waals surface area (Å²) in [4.78, 5) is 23.4. The summed E-state index contributed by atoms with van der Waals surface area (Å²) in [6.45, 7) is 1.55. The van der Waals surface area contributed by atoms with Crippen LogP contribution in [0.2, 0.25) is 5.02 Å². The number of ketones is 1. The monoisotopic (exact) mass is 362 g/mol. The molecule has 1 amide bonds. The fourth-order valence-electron chi connectivity index (χ4n) is 2.16. The molecule has 0 bridgehead atoms. The number of carbonyl (C=O) groups is 2. The molecular formula is C18H19ClN2O4. The van der Waals surface area contributed by atoms with Crippen molar-refractivity contribution in [3.8, 4) is 11.5 Å². The van der Waals surface area contributed by atoms with Crippen molar-refractivity contribution in [1.82, 2.24) is 0 Å². The van der Waals surface area contributed by atoms with E-state index in [-0.39, 0.29) is 18.2 Å². The summed E-state index contributed by atoms with van der Waals surface area (Å²) in [5.74, 6) is 0.628. The zero-order valence-corrected chi connectivity index (χ0v) is 14.9. The van der Waals surface area contributed by atoms with E-state index in [1.165, 1.54) is 21.1 Å². The molecule has 132 valence electrons. The van der Waals surface area contributed by atoms with Gasteiger partial charge < -0.3 is 20.1 Å². The lowest BCUT2D eigenvalue weighted by Crippen LogP contribution is -2.22. The Morgan fingerprint density at radius 2 is 1.68 bits per heavy atom. The molecule has 0 aliphatic carbocycles. The quantitative estimate of drug-likeness (QED) is 0.736. The van der Waals surface area contributed by atoms with E-state index in [1.54, 1.807) is 36.4 Å². The smallest absolute Gasteiger partial charge is 0.243 e. The number of carbonyl (C=O) groups excluding carboxylic acids is 2. The fraction of sp³-hybridized carbons (Fsp3) is 0.222.